The zero-order chi connectivity index (χ0) is 43.9. The zero-order valence-electron chi connectivity index (χ0n) is 37.3. The van der Waals surface area contributed by atoms with Crippen molar-refractivity contribution in [3.8, 4) is 0 Å². The number of cyclic esters (lactones) is 1. The van der Waals surface area contributed by atoms with Gasteiger partial charge in [0.15, 0.2) is 12.6 Å². The molecule has 0 aromatic carbocycles. The third-order valence-electron chi connectivity index (χ3n) is 12.6. The van der Waals surface area contributed by atoms with Gasteiger partial charge in [-0.1, -0.05) is 32.9 Å². The number of hydrogen-bond acceptors (Lipinski definition) is 17. The highest BCUT2D eigenvalue weighted by molar-refractivity contribution is 5.88. The van der Waals surface area contributed by atoms with Crippen LogP contribution in [0.4, 0.5) is 0 Å². The van der Waals surface area contributed by atoms with Crippen molar-refractivity contribution >= 4 is 11.7 Å². The molecule has 17 heteroatoms. The topological polar surface area (TPSA) is 217 Å². The van der Waals surface area contributed by atoms with Gasteiger partial charge in [0.25, 0.3) is 0 Å². The molecule has 17 nitrogen and oxygen atoms in total. The van der Waals surface area contributed by atoms with Crippen LogP contribution in [0.1, 0.15) is 94.9 Å². The third-order valence-corrected chi connectivity index (χ3v) is 12.6. The van der Waals surface area contributed by atoms with Gasteiger partial charge in [-0.25, -0.2) is 0 Å². The molecule has 0 aliphatic carbocycles. The van der Waals surface area contributed by atoms with Crippen molar-refractivity contribution in [3.05, 3.63) is 0 Å². The van der Waals surface area contributed by atoms with Crippen molar-refractivity contribution in [2.75, 3.05) is 48.3 Å². The van der Waals surface area contributed by atoms with Gasteiger partial charge < -0.3 is 73.2 Å². The number of aliphatic hydroxyl groups is 5. The minimum Gasteiger partial charge on any atom is -0.459 e. The number of likely N-dealkylation sites (N-methyl/N-ethyl adjacent to an activating group) is 1. The molecule has 0 amide bonds. The van der Waals surface area contributed by atoms with E-state index < -0.39 is 102 Å². The van der Waals surface area contributed by atoms with E-state index in [-0.39, 0.29) is 44.8 Å². The van der Waals surface area contributed by atoms with Crippen molar-refractivity contribution in [1.82, 2.24) is 4.90 Å². The zero-order valence-corrected chi connectivity index (χ0v) is 37.3. The molecule has 5 N–H and O–H groups in total. The fourth-order valence-electron chi connectivity index (χ4n) is 8.93. The van der Waals surface area contributed by atoms with E-state index in [1.54, 1.807) is 55.6 Å². The van der Waals surface area contributed by atoms with Gasteiger partial charge in [-0.05, 0) is 74.9 Å². The first-order valence-corrected chi connectivity index (χ1v) is 20.8. The van der Waals surface area contributed by atoms with E-state index in [0.29, 0.717) is 18.7 Å². The van der Waals surface area contributed by atoms with Crippen LogP contribution in [0.3, 0.4) is 0 Å². The number of methoxy groups -OCH3 is 2. The first-order chi connectivity index (χ1) is 27.0. The van der Waals surface area contributed by atoms with Gasteiger partial charge in [-0.2, -0.15) is 0 Å². The van der Waals surface area contributed by atoms with Crippen LogP contribution in [0.2, 0.25) is 0 Å². The summed E-state index contributed by atoms with van der Waals surface area (Å²) in [5.74, 6) is -4.14. The molecule has 18 atom stereocenters. The van der Waals surface area contributed by atoms with Gasteiger partial charge >= 0.3 is 5.97 Å². The largest absolute Gasteiger partial charge is 0.459 e. The third kappa shape index (κ3) is 12.1. The summed E-state index contributed by atoms with van der Waals surface area (Å²) in [5.41, 5.74) is -4.49. The fourth-order valence-corrected chi connectivity index (χ4v) is 8.93. The summed E-state index contributed by atoms with van der Waals surface area (Å²) in [7, 11) is 6.76. The number of ether oxygens (including phenoxy) is 8. The van der Waals surface area contributed by atoms with E-state index in [9.17, 15) is 30.3 Å². The second-order valence-electron chi connectivity index (χ2n) is 17.7. The molecular formula is C41H76N2O15. The monoisotopic (exact) mass is 837 g/mol. The van der Waals surface area contributed by atoms with Crippen LogP contribution in [0.5, 0.6) is 0 Å². The molecule has 3 aliphatic heterocycles. The van der Waals surface area contributed by atoms with Crippen molar-refractivity contribution in [1.29, 1.82) is 0 Å². The molecule has 340 valence electrons. The van der Waals surface area contributed by atoms with Crippen molar-refractivity contribution in [2.24, 2.45) is 28.8 Å². The SMILES string of the molecule is CC[C@H]1OC(=O)[C@H](C)[C@@H](OC2C[C@@](C)(OC)[C@@H](O)[C@H](C)O2)[C@H](C)[C@@H](O[C@@H]2O[C@H](C)C[C@H](N(C)C)[C@H]2O)[C@](C)(O)C[C@@H](C)/C(=N/OCOCCOC)[C@H](C)[C@@H](O)[C@]1(C)O. The van der Waals surface area contributed by atoms with Crippen LogP contribution < -0.4 is 0 Å². The molecule has 0 aromatic rings. The van der Waals surface area contributed by atoms with Crippen LogP contribution in [0.25, 0.3) is 0 Å². The highest BCUT2D eigenvalue weighted by Crippen LogP contribution is 2.41. The van der Waals surface area contributed by atoms with Gasteiger partial charge in [-0.15, -0.1) is 0 Å². The number of carbonyl (C=O) groups is 1. The molecule has 0 saturated carbocycles. The second kappa shape index (κ2) is 21.5. The number of hydrogen-bond donors (Lipinski definition) is 5. The average Bonchev–Trinajstić information content (AvgIpc) is 3.15. The maximum Gasteiger partial charge on any atom is 0.311 e. The number of rotatable bonds is 13. The predicted molar refractivity (Wildman–Crippen MR) is 212 cm³/mol. The highest BCUT2D eigenvalue weighted by atomic mass is 16.7. The van der Waals surface area contributed by atoms with Crippen molar-refractivity contribution in [2.45, 2.75) is 179 Å². The summed E-state index contributed by atoms with van der Waals surface area (Å²) in [6, 6.07) is -0.328. The molecule has 3 fully saturated rings. The Balaban J connectivity index is 2.22. The normalized spacial score (nSPS) is 45.8. The highest BCUT2D eigenvalue weighted by Gasteiger charge is 2.53. The second-order valence-corrected chi connectivity index (χ2v) is 17.7. The van der Waals surface area contributed by atoms with Gasteiger partial charge in [0, 0.05) is 44.4 Å². The minimum absolute atomic E-state index is 0.0307. The molecule has 3 saturated heterocycles. The van der Waals surface area contributed by atoms with Gasteiger partial charge in [-0.3, -0.25) is 4.79 Å². The first kappa shape index (κ1) is 50.8. The summed E-state index contributed by atoms with van der Waals surface area (Å²) >= 11 is 0. The molecule has 58 heavy (non-hydrogen) atoms. The van der Waals surface area contributed by atoms with Gasteiger partial charge in [0.2, 0.25) is 6.79 Å². The van der Waals surface area contributed by atoms with Crippen LogP contribution in [-0.4, -0.2) is 175 Å². The molecule has 0 radical (unpaired) electrons. The molecule has 3 heterocycles. The summed E-state index contributed by atoms with van der Waals surface area (Å²) in [6.45, 7) is 17.3. The van der Waals surface area contributed by atoms with E-state index in [1.807, 2.05) is 32.8 Å². The van der Waals surface area contributed by atoms with Gasteiger partial charge in [0.1, 0.15) is 23.9 Å². The average molecular weight is 837 g/mol. The van der Waals surface area contributed by atoms with Gasteiger partial charge in [0.05, 0.1) is 66.6 Å². The molecule has 0 spiro atoms. The lowest BCUT2D eigenvalue weighted by Crippen LogP contribution is -2.61. The maximum absolute atomic E-state index is 14.3. The number of esters is 1. The Hall–Kier alpha value is -1.58. The number of carbonyl (C=O) groups excluding carboxylic acids is 1. The van der Waals surface area contributed by atoms with Crippen LogP contribution >= 0.6 is 0 Å². The van der Waals surface area contributed by atoms with Crippen LogP contribution in [0, 0.1) is 23.7 Å². The summed E-state index contributed by atoms with van der Waals surface area (Å²) in [5, 5.41) is 63.6. The Morgan fingerprint density at radius 1 is 0.897 bits per heavy atom. The molecule has 0 bridgehead atoms. The van der Waals surface area contributed by atoms with E-state index in [2.05, 4.69) is 5.16 Å². The lowest BCUT2D eigenvalue weighted by molar-refractivity contribution is -0.317. The van der Waals surface area contributed by atoms with E-state index >= 15 is 0 Å². The van der Waals surface area contributed by atoms with Crippen LogP contribution in [0.15, 0.2) is 5.16 Å². The quantitative estimate of drug-likeness (QED) is 0.0778. The lowest BCUT2D eigenvalue weighted by atomic mass is 9.73. The summed E-state index contributed by atoms with van der Waals surface area (Å²) in [6.07, 6.45) is -9.49. The fraction of sp³-hybridized carbons (Fsp3) is 0.951. The standard InChI is InChI=1S/C41H76N2O15/c1-15-29-41(10,49)34(45)24(4)31(42-53-21-52-17-16-50-13)22(2)19-39(8,48)36(58-38-32(44)28(43(11)12)18-23(3)54-38)25(5)33(26(6)37(47)56-29)57-30-20-40(9,51-14)35(46)27(7)55-30/h22-30,32-36,38,44-46,48-49H,15-21H2,1-14H3/b42-31-/t22-,23-,24+,25+,26-,27+,28+,29-,30?,32-,33+,34-,35+,36-,38+,39-,40-,41-/m1/s1. The lowest BCUT2D eigenvalue weighted by Gasteiger charge is -2.49. The van der Waals surface area contributed by atoms with E-state index in [4.69, 9.17) is 42.7 Å². The summed E-state index contributed by atoms with van der Waals surface area (Å²) in [4.78, 5) is 21.8. The molecule has 0 aromatic heterocycles. The smallest absolute Gasteiger partial charge is 0.311 e. The van der Waals surface area contributed by atoms with E-state index in [0.717, 1.165) is 0 Å². The summed E-state index contributed by atoms with van der Waals surface area (Å²) < 4.78 is 48.1. The Morgan fingerprint density at radius 3 is 2.14 bits per heavy atom. The Bertz CT molecular complexity index is 1300. The molecule has 1 unspecified atom stereocenters. The maximum atomic E-state index is 14.3. The Kier molecular flexibility index (Phi) is 18.8. The van der Waals surface area contributed by atoms with E-state index in [1.165, 1.54) is 14.0 Å². The van der Waals surface area contributed by atoms with Crippen LogP contribution in [-0.2, 0) is 47.5 Å². The molecule has 3 rings (SSSR count). The Morgan fingerprint density at radius 2 is 1.55 bits per heavy atom. The van der Waals surface area contributed by atoms with Crippen molar-refractivity contribution in [3.63, 3.8) is 0 Å². The Labute approximate surface area is 345 Å². The minimum atomic E-state index is -1.97. The number of aliphatic hydroxyl groups excluding tert-OH is 3. The number of nitrogens with zero attached hydrogens (tertiary/aromatic N) is 2. The number of oxime groups is 1. The predicted octanol–water partition coefficient (Wildman–Crippen LogP) is 2.21. The molecular weight excluding hydrogens is 760 g/mol. The van der Waals surface area contributed by atoms with Crippen molar-refractivity contribution < 1.29 is 73.1 Å². The molecule has 3 aliphatic rings. The first-order valence-electron chi connectivity index (χ1n) is 20.8.